The number of ether oxygens (including phenoxy) is 1. The highest BCUT2D eigenvalue weighted by molar-refractivity contribution is 5.94. The first-order chi connectivity index (χ1) is 12.5. The Morgan fingerprint density at radius 3 is 2.81 bits per heavy atom. The summed E-state index contributed by atoms with van der Waals surface area (Å²) in [5, 5.41) is 4.69. The molecule has 26 heavy (non-hydrogen) atoms. The van der Waals surface area contributed by atoms with E-state index in [4.69, 9.17) is 9.84 Å². The number of hydrogen-bond acceptors (Lipinski definition) is 3. The number of piperidine rings is 1. The van der Waals surface area contributed by atoms with Gasteiger partial charge in [0.2, 0.25) is 0 Å². The summed E-state index contributed by atoms with van der Waals surface area (Å²) in [6.45, 7) is 2.32. The minimum Gasteiger partial charge on any atom is -0.376 e. The lowest BCUT2D eigenvalue weighted by Crippen LogP contribution is -2.38. The molecule has 4 rings (SSSR count). The molecule has 0 aliphatic carbocycles. The minimum atomic E-state index is -0.686. The van der Waals surface area contributed by atoms with Crippen LogP contribution in [-0.2, 0) is 24.8 Å². The first-order valence-corrected chi connectivity index (χ1v) is 8.91. The Kier molecular flexibility index (Phi) is 4.48. The predicted octanol–water partition coefficient (Wildman–Crippen LogP) is 2.79. The van der Waals surface area contributed by atoms with Gasteiger partial charge in [-0.1, -0.05) is 0 Å². The van der Waals surface area contributed by atoms with Crippen molar-refractivity contribution in [2.24, 2.45) is 7.05 Å². The van der Waals surface area contributed by atoms with Gasteiger partial charge < -0.3 is 9.64 Å². The number of carbonyl (C=O) groups excluding carboxylic acids is 1. The lowest BCUT2D eigenvalue weighted by Gasteiger charge is -2.32. The summed E-state index contributed by atoms with van der Waals surface area (Å²) < 4.78 is 34.8. The summed E-state index contributed by atoms with van der Waals surface area (Å²) in [4.78, 5) is 14.1. The summed E-state index contributed by atoms with van der Waals surface area (Å²) in [7, 11) is 1.96. The lowest BCUT2D eigenvalue weighted by molar-refractivity contribution is 0.0704. The van der Waals surface area contributed by atoms with Crippen LogP contribution in [0, 0.1) is 11.6 Å². The minimum absolute atomic E-state index is 0.202. The number of likely N-dealkylation sites (tertiary alicyclic amines) is 1. The second kappa shape index (κ2) is 6.79. The van der Waals surface area contributed by atoms with Gasteiger partial charge in [-0.2, -0.15) is 5.10 Å². The summed E-state index contributed by atoms with van der Waals surface area (Å²) in [6.07, 6.45) is 2.38. The number of aromatic nitrogens is 2. The second-order valence-electron chi connectivity index (χ2n) is 6.93. The summed E-state index contributed by atoms with van der Waals surface area (Å²) in [6, 6.07) is 2.98. The number of rotatable bonds is 2. The van der Waals surface area contributed by atoms with Crippen molar-refractivity contribution >= 4 is 5.91 Å². The predicted molar refractivity (Wildman–Crippen MR) is 90.8 cm³/mol. The van der Waals surface area contributed by atoms with Crippen molar-refractivity contribution in [3.05, 3.63) is 52.3 Å². The Morgan fingerprint density at radius 1 is 1.27 bits per heavy atom. The maximum Gasteiger partial charge on any atom is 0.256 e. The quantitative estimate of drug-likeness (QED) is 0.826. The number of fused-ring (bicyclic) bond motifs is 1. The molecule has 1 aromatic heterocycles. The van der Waals surface area contributed by atoms with Crippen molar-refractivity contribution < 1.29 is 18.3 Å². The first kappa shape index (κ1) is 17.1. The third-order valence-electron chi connectivity index (χ3n) is 5.36. The first-order valence-electron chi connectivity index (χ1n) is 8.91. The maximum atomic E-state index is 13.9. The topological polar surface area (TPSA) is 47.4 Å². The van der Waals surface area contributed by atoms with Gasteiger partial charge in [-0.15, -0.1) is 0 Å². The van der Waals surface area contributed by atoms with Gasteiger partial charge in [0.25, 0.3) is 5.91 Å². The molecular weight excluding hydrogens is 340 g/mol. The van der Waals surface area contributed by atoms with Crippen molar-refractivity contribution in [3.8, 4) is 0 Å². The van der Waals surface area contributed by atoms with E-state index in [1.165, 1.54) is 11.3 Å². The average molecular weight is 361 g/mol. The molecule has 0 radical (unpaired) electrons. The second-order valence-corrected chi connectivity index (χ2v) is 6.93. The van der Waals surface area contributed by atoms with Crippen LogP contribution in [0.25, 0.3) is 0 Å². The molecule has 2 aromatic rings. The zero-order chi connectivity index (χ0) is 18.3. The Labute approximate surface area is 150 Å². The van der Waals surface area contributed by atoms with Crippen LogP contribution in [-0.4, -0.2) is 40.3 Å². The van der Waals surface area contributed by atoms with Gasteiger partial charge in [0.15, 0.2) is 0 Å². The van der Waals surface area contributed by atoms with Gasteiger partial charge in [0.1, 0.15) is 11.6 Å². The Bertz CT molecular complexity index is 842. The van der Waals surface area contributed by atoms with E-state index < -0.39 is 17.5 Å². The van der Waals surface area contributed by atoms with Crippen LogP contribution in [0.4, 0.5) is 8.78 Å². The van der Waals surface area contributed by atoms with Gasteiger partial charge >= 0.3 is 0 Å². The molecule has 138 valence electrons. The van der Waals surface area contributed by atoms with E-state index in [2.05, 4.69) is 0 Å². The van der Waals surface area contributed by atoms with Crippen LogP contribution < -0.4 is 0 Å². The van der Waals surface area contributed by atoms with E-state index in [0.717, 1.165) is 49.8 Å². The highest BCUT2D eigenvalue weighted by Crippen LogP contribution is 2.33. The summed E-state index contributed by atoms with van der Waals surface area (Å²) in [5.41, 5.74) is 3.27. The fourth-order valence-corrected chi connectivity index (χ4v) is 3.95. The fraction of sp³-hybridized carbons (Fsp3) is 0.474. The molecule has 2 aliphatic rings. The molecule has 5 nitrogen and oxygen atoms in total. The number of amides is 1. The number of halogens is 2. The highest BCUT2D eigenvalue weighted by Gasteiger charge is 2.31. The van der Waals surface area contributed by atoms with E-state index in [-0.39, 0.29) is 11.5 Å². The summed E-state index contributed by atoms with van der Waals surface area (Å²) in [5.74, 6) is -1.49. The SMILES string of the molecule is Cn1nc(C2CCN(C(=O)c3cc(F)ccc3F)CC2)c2c1CCOC2. The Hall–Kier alpha value is -2.28. The fourth-order valence-electron chi connectivity index (χ4n) is 3.95. The van der Waals surface area contributed by atoms with Gasteiger partial charge in [-0.3, -0.25) is 9.48 Å². The van der Waals surface area contributed by atoms with Gasteiger partial charge in [-0.05, 0) is 31.0 Å². The molecule has 3 heterocycles. The number of hydrogen-bond donors (Lipinski definition) is 0. The molecule has 7 heteroatoms. The third-order valence-corrected chi connectivity index (χ3v) is 5.36. The van der Waals surface area contributed by atoms with Crippen LogP contribution in [0.5, 0.6) is 0 Å². The van der Waals surface area contributed by atoms with Crippen LogP contribution in [0.1, 0.15) is 46.1 Å². The standard InChI is InChI=1S/C19H21F2N3O2/c1-23-17-6-9-26-11-15(17)18(22-23)12-4-7-24(8-5-12)19(25)14-10-13(20)2-3-16(14)21/h2-3,10,12H,4-9,11H2,1H3. The van der Waals surface area contributed by atoms with Crippen molar-refractivity contribution in [2.75, 3.05) is 19.7 Å². The van der Waals surface area contributed by atoms with E-state index in [1.807, 2.05) is 11.7 Å². The van der Waals surface area contributed by atoms with E-state index >= 15 is 0 Å². The Balaban J connectivity index is 1.48. The molecule has 0 unspecified atom stereocenters. The van der Waals surface area contributed by atoms with Crippen molar-refractivity contribution in [1.29, 1.82) is 0 Å². The van der Waals surface area contributed by atoms with Crippen molar-refractivity contribution in [3.63, 3.8) is 0 Å². The molecule has 1 aromatic carbocycles. The van der Waals surface area contributed by atoms with E-state index in [1.54, 1.807) is 4.90 Å². The normalized spacial score (nSPS) is 18.0. The zero-order valence-corrected chi connectivity index (χ0v) is 14.7. The van der Waals surface area contributed by atoms with Crippen LogP contribution in [0.3, 0.4) is 0 Å². The monoisotopic (exact) mass is 361 g/mol. The molecule has 0 N–H and O–H groups in total. The zero-order valence-electron chi connectivity index (χ0n) is 14.7. The molecule has 1 saturated heterocycles. The maximum absolute atomic E-state index is 13.9. The van der Waals surface area contributed by atoms with Crippen LogP contribution >= 0.6 is 0 Å². The molecule has 1 amide bonds. The molecular formula is C19H21F2N3O2. The highest BCUT2D eigenvalue weighted by atomic mass is 19.1. The van der Waals surface area contributed by atoms with Gasteiger partial charge in [0.05, 0.1) is 24.5 Å². The van der Waals surface area contributed by atoms with Crippen LogP contribution in [0.2, 0.25) is 0 Å². The van der Waals surface area contributed by atoms with E-state index in [9.17, 15) is 13.6 Å². The molecule has 0 bridgehead atoms. The lowest BCUT2D eigenvalue weighted by atomic mass is 9.90. The molecule has 0 atom stereocenters. The largest absolute Gasteiger partial charge is 0.376 e. The van der Waals surface area contributed by atoms with E-state index in [0.29, 0.717) is 19.7 Å². The van der Waals surface area contributed by atoms with Crippen LogP contribution in [0.15, 0.2) is 18.2 Å². The number of benzene rings is 1. The van der Waals surface area contributed by atoms with Gasteiger partial charge in [0, 0.05) is 43.7 Å². The molecule has 0 saturated carbocycles. The molecule has 0 spiro atoms. The third kappa shape index (κ3) is 3.00. The van der Waals surface area contributed by atoms with Crippen molar-refractivity contribution in [2.45, 2.75) is 31.8 Å². The molecule has 2 aliphatic heterocycles. The Morgan fingerprint density at radius 2 is 2.04 bits per heavy atom. The number of aryl methyl sites for hydroxylation is 1. The van der Waals surface area contributed by atoms with Gasteiger partial charge in [-0.25, -0.2) is 8.78 Å². The molecule has 1 fully saturated rings. The van der Waals surface area contributed by atoms with Crippen molar-refractivity contribution in [1.82, 2.24) is 14.7 Å². The number of nitrogens with zero attached hydrogens (tertiary/aromatic N) is 3. The average Bonchev–Trinajstić information content (AvgIpc) is 3.00. The number of carbonyl (C=O) groups is 1. The smallest absolute Gasteiger partial charge is 0.256 e. The summed E-state index contributed by atoms with van der Waals surface area (Å²) >= 11 is 0.